The lowest BCUT2D eigenvalue weighted by Crippen LogP contribution is -2.19. The Morgan fingerprint density at radius 3 is 2.62 bits per heavy atom. The SMILES string of the molecule is CC(NCc1ccc2ccccc2n1)c1ccccc1Cl. The van der Waals surface area contributed by atoms with Crippen LogP contribution in [0.2, 0.25) is 5.02 Å². The van der Waals surface area contributed by atoms with Crippen molar-refractivity contribution in [2.75, 3.05) is 0 Å². The topological polar surface area (TPSA) is 24.9 Å². The molecule has 1 unspecified atom stereocenters. The molecule has 0 fully saturated rings. The standard InChI is InChI=1S/C18H17ClN2/c1-13(16-7-3-4-8-17(16)19)20-12-15-11-10-14-6-2-5-9-18(14)21-15/h2-11,13,20H,12H2,1H3. The van der Waals surface area contributed by atoms with E-state index in [9.17, 15) is 0 Å². The van der Waals surface area contributed by atoms with Crippen LogP contribution in [0.1, 0.15) is 24.2 Å². The number of benzene rings is 2. The molecule has 0 amide bonds. The van der Waals surface area contributed by atoms with Crippen LogP contribution in [0.5, 0.6) is 0 Å². The van der Waals surface area contributed by atoms with Crippen LogP contribution in [0.3, 0.4) is 0 Å². The highest BCUT2D eigenvalue weighted by Crippen LogP contribution is 2.22. The summed E-state index contributed by atoms with van der Waals surface area (Å²) in [6, 6.07) is 20.4. The van der Waals surface area contributed by atoms with E-state index in [0.717, 1.165) is 28.3 Å². The van der Waals surface area contributed by atoms with Crippen LogP contribution < -0.4 is 5.32 Å². The van der Waals surface area contributed by atoms with Crippen molar-refractivity contribution in [3.05, 3.63) is 76.9 Å². The zero-order valence-electron chi connectivity index (χ0n) is 11.9. The second kappa shape index (κ2) is 6.25. The van der Waals surface area contributed by atoms with Crippen molar-refractivity contribution < 1.29 is 0 Å². The molecule has 2 nitrogen and oxygen atoms in total. The van der Waals surface area contributed by atoms with Gasteiger partial charge in [0.05, 0.1) is 11.2 Å². The molecule has 1 aromatic heterocycles. The molecule has 0 radical (unpaired) electrons. The summed E-state index contributed by atoms with van der Waals surface area (Å²) in [4.78, 5) is 4.67. The normalized spacial score (nSPS) is 12.5. The fourth-order valence-electron chi connectivity index (χ4n) is 2.40. The third-order valence-corrected chi connectivity index (χ3v) is 3.96. The number of fused-ring (bicyclic) bond motifs is 1. The Hall–Kier alpha value is -1.90. The van der Waals surface area contributed by atoms with E-state index in [4.69, 9.17) is 11.6 Å². The largest absolute Gasteiger partial charge is 0.305 e. The molecule has 3 rings (SSSR count). The van der Waals surface area contributed by atoms with Crippen LogP contribution in [-0.2, 0) is 6.54 Å². The number of nitrogens with one attached hydrogen (secondary N) is 1. The number of rotatable bonds is 4. The molecule has 0 aliphatic heterocycles. The van der Waals surface area contributed by atoms with Gasteiger partial charge < -0.3 is 5.32 Å². The van der Waals surface area contributed by atoms with Crippen molar-refractivity contribution in [1.29, 1.82) is 0 Å². The lowest BCUT2D eigenvalue weighted by atomic mass is 10.1. The van der Waals surface area contributed by atoms with Crippen molar-refractivity contribution in [2.45, 2.75) is 19.5 Å². The van der Waals surface area contributed by atoms with Gasteiger partial charge in [-0.3, -0.25) is 4.98 Å². The summed E-state index contributed by atoms with van der Waals surface area (Å²) in [6.07, 6.45) is 0. The molecular formula is C18H17ClN2. The average Bonchev–Trinajstić information content (AvgIpc) is 2.53. The van der Waals surface area contributed by atoms with E-state index in [0.29, 0.717) is 0 Å². The number of hydrogen-bond donors (Lipinski definition) is 1. The van der Waals surface area contributed by atoms with Gasteiger partial charge in [0.1, 0.15) is 0 Å². The van der Waals surface area contributed by atoms with E-state index in [1.165, 1.54) is 5.39 Å². The maximum atomic E-state index is 6.22. The summed E-state index contributed by atoms with van der Waals surface area (Å²) in [6.45, 7) is 2.83. The van der Waals surface area contributed by atoms with Gasteiger partial charge in [0.2, 0.25) is 0 Å². The molecule has 0 aliphatic carbocycles. The minimum atomic E-state index is 0.187. The number of nitrogens with zero attached hydrogens (tertiary/aromatic N) is 1. The molecule has 2 aromatic carbocycles. The third-order valence-electron chi connectivity index (χ3n) is 3.62. The maximum Gasteiger partial charge on any atom is 0.0705 e. The van der Waals surface area contributed by atoms with Crippen LogP contribution in [0, 0.1) is 0 Å². The van der Waals surface area contributed by atoms with Crippen LogP contribution in [0.15, 0.2) is 60.7 Å². The van der Waals surface area contributed by atoms with Gasteiger partial charge in [0.15, 0.2) is 0 Å². The lowest BCUT2D eigenvalue weighted by molar-refractivity contribution is 0.569. The van der Waals surface area contributed by atoms with Crippen molar-refractivity contribution in [1.82, 2.24) is 10.3 Å². The first-order valence-electron chi connectivity index (χ1n) is 7.06. The Labute approximate surface area is 129 Å². The fraction of sp³-hybridized carbons (Fsp3) is 0.167. The molecule has 0 saturated carbocycles. The Kier molecular flexibility index (Phi) is 4.18. The molecule has 1 heterocycles. The first kappa shape index (κ1) is 14.1. The second-order valence-corrected chi connectivity index (χ2v) is 5.53. The minimum absolute atomic E-state index is 0.187. The highest BCUT2D eigenvalue weighted by Gasteiger charge is 2.08. The first-order valence-corrected chi connectivity index (χ1v) is 7.44. The Morgan fingerprint density at radius 2 is 1.76 bits per heavy atom. The predicted octanol–water partition coefficient (Wildman–Crippen LogP) is 4.74. The molecule has 3 aromatic rings. The third kappa shape index (κ3) is 3.23. The van der Waals surface area contributed by atoms with Crippen LogP contribution >= 0.6 is 11.6 Å². The van der Waals surface area contributed by atoms with Crippen LogP contribution in [0.4, 0.5) is 0 Å². The van der Waals surface area contributed by atoms with Crippen LogP contribution in [-0.4, -0.2) is 4.98 Å². The van der Waals surface area contributed by atoms with Gasteiger partial charge in [-0.15, -0.1) is 0 Å². The summed E-state index contributed by atoms with van der Waals surface area (Å²) in [5.74, 6) is 0. The first-order chi connectivity index (χ1) is 10.2. The van der Waals surface area contributed by atoms with E-state index in [2.05, 4.69) is 35.4 Å². The number of hydrogen-bond acceptors (Lipinski definition) is 2. The fourth-order valence-corrected chi connectivity index (χ4v) is 2.70. The minimum Gasteiger partial charge on any atom is -0.305 e. The molecule has 3 heteroatoms. The van der Waals surface area contributed by atoms with Gasteiger partial charge >= 0.3 is 0 Å². The zero-order chi connectivity index (χ0) is 14.7. The number of halogens is 1. The molecule has 21 heavy (non-hydrogen) atoms. The van der Waals surface area contributed by atoms with E-state index in [1.54, 1.807) is 0 Å². The van der Waals surface area contributed by atoms with Gasteiger partial charge in [0.25, 0.3) is 0 Å². The second-order valence-electron chi connectivity index (χ2n) is 5.12. The van der Waals surface area contributed by atoms with Crippen molar-refractivity contribution >= 4 is 22.5 Å². The van der Waals surface area contributed by atoms with Gasteiger partial charge in [-0.1, -0.05) is 54.1 Å². The summed E-state index contributed by atoms with van der Waals surface area (Å²) in [7, 11) is 0. The predicted molar refractivity (Wildman–Crippen MR) is 88.4 cm³/mol. The summed E-state index contributed by atoms with van der Waals surface area (Å²) in [5.41, 5.74) is 3.18. The number of pyridine rings is 1. The van der Waals surface area contributed by atoms with Crippen LogP contribution in [0.25, 0.3) is 10.9 Å². The molecule has 0 bridgehead atoms. The van der Waals surface area contributed by atoms with Crippen molar-refractivity contribution in [3.8, 4) is 0 Å². The number of aromatic nitrogens is 1. The van der Waals surface area contributed by atoms with E-state index >= 15 is 0 Å². The van der Waals surface area contributed by atoms with E-state index in [1.807, 2.05) is 42.5 Å². The van der Waals surface area contributed by atoms with Crippen molar-refractivity contribution in [3.63, 3.8) is 0 Å². The Balaban J connectivity index is 1.73. The number of para-hydroxylation sites is 1. The molecule has 106 valence electrons. The lowest BCUT2D eigenvalue weighted by Gasteiger charge is -2.15. The van der Waals surface area contributed by atoms with Gasteiger partial charge in [-0.25, -0.2) is 0 Å². The monoisotopic (exact) mass is 296 g/mol. The molecule has 1 N–H and O–H groups in total. The molecule has 0 aliphatic rings. The Bertz CT molecular complexity index is 755. The van der Waals surface area contributed by atoms with Gasteiger partial charge in [0, 0.05) is 23.0 Å². The molecule has 1 atom stereocenters. The van der Waals surface area contributed by atoms with E-state index < -0.39 is 0 Å². The molecule has 0 spiro atoms. The van der Waals surface area contributed by atoms with E-state index in [-0.39, 0.29) is 6.04 Å². The smallest absolute Gasteiger partial charge is 0.0705 e. The molecular weight excluding hydrogens is 280 g/mol. The zero-order valence-corrected chi connectivity index (χ0v) is 12.6. The summed E-state index contributed by atoms with van der Waals surface area (Å²) < 4.78 is 0. The Morgan fingerprint density at radius 1 is 1.00 bits per heavy atom. The highest BCUT2D eigenvalue weighted by atomic mass is 35.5. The quantitative estimate of drug-likeness (QED) is 0.752. The summed E-state index contributed by atoms with van der Waals surface area (Å²) >= 11 is 6.22. The highest BCUT2D eigenvalue weighted by molar-refractivity contribution is 6.31. The van der Waals surface area contributed by atoms with Gasteiger partial charge in [-0.2, -0.15) is 0 Å². The van der Waals surface area contributed by atoms with Crippen molar-refractivity contribution in [2.24, 2.45) is 0 Å². The van der Waals surface area contributed by atoms with Gasteiger partial charge in [-0.05, 0) is 30.7 Å². The maximum absolute atomic E-state index is 6.22. The molecule has 0 saturated heterocycles. The average molecular weight is 297 g/mol. The summed E-state index contributed by atoms with van der Waals surface area (Å²) in [5, 5.41) is 5.44.